The Labute approximate surface area is 174 Å². The lowest BCUT2D eigenvalue weighted by Gasteiger charge is -2.23. The van der Waals surface area contributed by atoms with E-state index < -0.39 is 5.63 Å². The molecule has 0 spiro atoms. The van der Waals surface area contributed by atoms with Crippen LogP contribution in [0, 0.1) is 6.92 Å². The van der Waals surface area contributed by atoms with Crippen molar-refractivity contribution < 1.29 is 13.9 Å². The molecule has 0 aliphatic heterocycles. The lowest BCUT2D eigenvalue weighted by Crippen LogP contribution is -2.34. The number of ether oxygens (including phenoxy) is 1. The van der Waals surface area contributed by atoms with E-state index in [9.17, 15) is 9.59 Å². The Morgan fingerprint density at radius 2 is 1.67 bits per heavy atom. The molecule has 0 N–H and O–H groups in total. The third-order valence-electron chi connectivity index (χ3n) is 4.79. The molecular weight excluding hydrogens is 378 g/mol. The van der Waals surface area contributed by atoms with Gasteiger partial charge in [-0.25, -0.2) is 4.79 Å². The van der Waals surface area contributed by atoms with Gasteiger partial charge in [-0.15, -0.1) is 0 Å². The Morgan fingerprint density at radius 1 is 0.933 bits per heavy atom. The highest BCUT2D eigenvalue weighted by molar-refractivity contribution is 5.94. The number of aryl methyl sites for hydroxylation is 1. The Morgan fingerprint density at radius 3 is 2.43 bits per heavy atom. The summed E-state index contributed by atoms with van der Waals surface area (Å²) in [5.41, 5.74) is 2.96. The third-order valence-corrected chi connectivity index (χ3v) is 4.79. The van der Waals surface area contributed by atoms with Crippen molar-refractivity contribution in [1.29, 1.82) is 0 Å². The van der Waals surface area contributed by atoms with Gasteiger partial charge in [0, 0.05) is 23.2 Å². The summed E-state index contributed by atoms with van der Waals surface area (Å²) < 4.78 is 10.9. The fraction of sp³-hybridized carbons (Fsp3) is 0.120. The first-order valence-electron chi connectivity index (χ1n) is 9.66. The van der Waals surface area contributed by atoms with Gasteiger partial charge in [0.05, 0.1) is 6.54 Å². The summed E-state index contributed by atoms with van der Waals surface area (Å²) in [5.74, 6) is 0.297. The second kappa shape index (κ2) is 8.66. The van der Waals surface area contributed by atoms with Gasteiger partial charge < -0.3 is 14.1 Å². The molecule has 0 atom stereocenters. The number of amides is 1. The maximum atomic E-state index is 13.1. The molecule has 1 aromatic heterocycles. The van der Waals surface area contributed by atoms with Gasteiger partial charge in [-0.1, -0.05) is 48.0 Å². The van der Waals surface area contributed by atoms with Crippen LogP contribution in [0.1, 0.15) is 11.1 Å². The van der Waals surface area contributed by atoms with Crippen molar-refractivity contribution in [3.63, 3.8) is 0 Å². The van der Waals surface area contributed by atoms with Crippen molar-refractivity contribution in [1.82, 2.24) is 0 Å². The molecule has 5 nitrogen and oxygen atoms in total. The van der Waals surface area contributed by atoms with Gasteiger partial charge >= 0.3 is 5.63 Å². The highest BCUT2D eigenvalue weighted by atomic mass is 16.5. The number of rotatable bonds is 6. The van der Waals surface area contributed by atoms with Crippen molar-refractivity contribution in [2.75, 3.05) is 11.5 Å². The van der Waals surface area contributed by atoms with E-state index >= 15 is 0 Å². The molecule has 0 fully saturated rings. The van der Waals surface area contributed by atoms with Crippen LogP contribution in [-0.4, -0.2) is 12.5 Å². The number of fused-ring (bicyclic) bond motifs is 1. The number of nitrogens with zero attached hydrogens (tertiary/aromatic N) is 1. The van der Waals surface area contributed by atoms with Gasteiger partial charge in [0.15, 0.2) is 6.61 Å². The first-order valence-corrected chi connectivity index (χ1v) is 9.66. The van der Waals surface area contributed by atoms with E-state index in [0.717, 1.165) is 22.2 Å². The normalized spacial score (nSPS) is 10.7. The summed E-state index contributed by atoms with van der Waals surface area (Å²) in [5, 5.41) is 0.790. The maximum absolute atomic E-state index is 13.1. The zero-order chi connectivity index (χ0) is 20.9. The van der Waals surface area contributed by atoms with E-state index in [0.29, 0.717) is 17.9 Å². The van der Waals surface area contributed by atoms with E-state index in [2.05, 4.69) is 0 Å². The van der Waals surface area contributed by atoms with Gasteiger partial charge in [-0.3, -0.25) is 4.79 Å². The minimum absolute atomic E-state index is 0.136. The van der Waals surface area contributed by atoms with Gasteiger partial charge in [0.25, 0.3) is 5.91 Å². The van der Waals surface area contributed by atoms with Crippen molar-refractivity contribution in [2.24, 2.45) is 0 Å². The summed E-state index contributed by atoms with van der Waals surface area (Å²) in [6.45, 7) is 2.32. The molecule has 0 saturated heterocycles. The summed E-state index contributed by atoms with van der Waals surface area (Å²) in [6, 6.07) is 25.9. The van der Waals surface area contributed by atoms with Crippen molar-refractivity contribution >= 4 is 22.6 Å². The minimum Gasteiger partial charge on any atom is -0.484 e. The molecule has 0 aliphatic carbocycles. The van der Waals surface area contributed by atoms with Crippen molar-refractivity contribution in [3.8, 4) is 5.75 Å². The van der Waals surface area contributed by atoms with Crippen LogP contribution in [0.15, 0.2) is 94.1 Å². The average Bonchev–Trinajstić information content (AvgIpc) is 2.77. The fourth-order valence-corrected chi connectivity index (χ4v) is 3.17. The fourth-order valence-electron chi connectivity index (χ4n) is 3.17. The predicted molar refractivity (Wildman–Crippen MR) is 117 cm³/mol. The average molecular weight is 399 g/mol. The Balaban J connectivity index is 1.54. The lowest BCUT2D eigenvalue weighted by molar-refractivity contribution is -0.120. The third kappa shape index (κ3) is 4.58. The molecule has 5 heteroatoms. The first kappa shape index (κ1) is 19.5. The van der Waals surface area contributed by atoms with Crippen LogP contribution in [0.4, 0.5) is 5.69 Å². The van der Waals surface area contributed by atoms with Crippen LogP contribution in [-0.2, 0) is 11.3 Å². The van der Waals surface area contributed by atoms with E-state index in [1.165, 1.54) is 6.07 Å². The molecule has 0 saturated carbocycles. The second-order valence-corrected chi connectivity index (χ2v) is 7.04. The lowest BCUT2D eigenvalue weighted by atomic mass is 10.1. The monoisotopic (exact) mass is 399 g/mol. The van der Waals surface area contributed by atoms with Gasteiger partial charge in [0.1, 0.15) is 11.3 Å². The standard InChI is InChI=1S/C25H21NO4/c1-18-7-11-21(12-8-18)26(16-19-5-3-2-4-6-19)24(27)17-29-22-13-9-20-10-14-25(28)30-23(20)15-22/h2-15H,16-17H2,1H3. The molecule has 4 aromatic rings. The van der Waals surface area contributed by atoms with Crippen LogP contribution >= 0.6 is 0 Å². The number of hydrogen-bond donors (Lipinski definition) is 0. The predicted octanol–water partition coefficient (Wildman–Crippen LogP) is 4.71. The zero-order valence-corrected chi connectivity index (χ0v) is 16.6. The molecular formula is C25H21NO4. The first-order chi connectivity index (χ1) is 14.6. The molecule has 0 radical (unpaired) electrons. The van der Waals surface area contributed by atoms with E-state index in [4.69, 9.17) is 9.15 Å². The van der Waals surface area contributed by atoms with Crippen LogP contribution in [0.25, 0.3) is 11.0 Å². The quantitative estimate of drug-likeness (QED) is 0.441. The Kier molecular flexibility index (Phi) is 5.61. The van der Waals surface area contributed by atoms with Crippen molar-refractivity contribution in [2.45, 2.75) is 13.5 Å². The molecule has 1 heterocycles. The van der Waals surface area contributed by atoms with E-state index in [1.54, 1.807) is 29.2 Å². The molecule has 0 aliphatic rings. The number of carbonyl (C=O) groups excluding carboxylic acids is 1. The number of anilines is 1. The van der Waals surface area contributed by atoms with E-state index in [-0.39, 0.29) is 12.5 Å². The summed E-state index contributed by atoms with van der Waals surface area (Å²) >= 11 is 0. The largest absolute Gasteiger partial charge is 0.484 e. The van der Waals surface area contributed by atoms with Crippen molar-refractivity contribution in [3.05, 3.63) is 106 Å². The van der Waals surface area contributed by atoms with Crippen LogP contribution < -0.4 is 15.3 Å². The molecule has 30 heavy (non-hydrogen) atoms. The summed E-state index contributed by atoms with van der Waals surface area (Å²) in [7, 11) is 0. The van der Waals surface area contributed by atoms with E-state index in [1.807, 2.05) is 61.5 Å². The number of hydrogen-bond acceptors (Lipinski definition) is 4. The summed E-state index contributed by atoms with van der Waals surface area (Å²) in [4.78, 5) is 26.2. The van der Waals surface area contributed by atoms with Crippen LogP contribution in [0.5, 0.6) is 5.75 Å². The SMILES string of the molecule is Cc1ccc(N(Cc2ccccc2)C(=O)COc2ccc3ccc(=O)oc3c2)cc1. The second-order valence-electron chi connectivity index (χ2n) is 7.04. The molecule has 4 rings (SSSR count). The Hall–Kier alpha value is -3.86. The molecule has 1 amide bonds. The smallest absolute Gasteiger partial charge is 0.336 e. The molecule has 3 aromatic carbocycles. The Bertz CT molecular complexity index is 1210. The summed E-state index contributed by atoms with van der Waals surface area (Å²) in [6.07, 6.45) is 0. The maximum Gasteiger partial charge on any atom is 0.336 e. The van der Waals surface area contributed by atoms with Crippen LogP contribution in [0.3, 0.4) is 0 Å². The molecule has 0 unspecified atom stereocenters. The minimum atomic E-state index is -0.427. The molecule has 150 valence electrons. The number of benzene rings is 3. The highest BCUT2D eigenvalue weighted by Gasteiger charge is 2.17. The van der Waals surface area contributed by atoms with Gasteiger partial charge in [-0.2, -0.15) is 0 Å². The van der Waals surface area contributed by atoms with Gasteiger partial charge in [-0.05, 0) is 42.8 Å². The zero-order valence-electron chi connectivity index (χ0n) is 16.6. The van der Waals surface area contributed by atoms with Gasteiger partial charge in [0.2, 0.25) is 0 Å². The topological polar surface area (TPSA) is 59.8 Å². The van der Waals surface area contributed by atoms with Crippen LogP contribution in [0.2, 0.25) is 0 Å². The highest BCUT2D eigenvalue weighted by Crippen LogP contribution is 2.21. The molecule has 0 bridgehead atoms. The number of carbonyl (C=O) groups is 1.